The topological polar surface area (TPSA) is 79.7 Å². The zero-order valence-electron chi connectivity index (χ0n) is 25.9. The molecule has 8 nitrogen and oxygen atoms in total. The molecule has 1 amide bonds. The molecule has 9 heteroatoms. The zero-order chi connectivity index (χ0) is 30.8. The van der Waals surface area contributed by atoms with Gasteiger partial charge in [0.1, 0.15) is 5.83 Å². The number of aromatic nitrogens is 2. The Morgan fingerprint density at radius 1 is 1.16 bits per heavy atom. The molecular weight excluding hydrogens is 545 g/mol. The van der Waals surface area contributed by atoms with Crippen LogP contribution in [-0.4, -0.2) is 84.8 Å². The second-order valence-electron chi connectivity index (χ2n) is 11.5. The Morgan fingerprint density at radius 3 is 2.67 bits per heavy atom. The second kappa shape index (κ2) is 15.8. The van der Waals surface area contributed by atoms with Crippen LogP contribution in [0, 0.1) is 5.92 Å². The molecule has 2 fully saturated rings. The van der Waals surface area contributed by atoms with Gasteiger partial charge < -0.3 is 15.0 Å². The molecule has 2 atom stereocenters. The van der Waals surface area contributed by atoms with Crippen molar-refractivity contribution in [2.75, 3.05) is 53.0 Å². The number of amides is 1. The highest BCUT2D eigenvalue weighted by Gasteiger charge is 2.27. The summed E-state index contributed by atoms with van der Waals surface area (Å²) in [5.74, 6) is -0.331. The first kappa shape index (κ1) is 32.4. The third kappa shape index (κ3) is 8.30. The van der Waals surface area contributed by atoms with E-state index in [0.29, 0.717) is 42.1 Å². The average molecular weight is 592 g/mol. The van der Waals surface area contributed by atoms with E-state index in [1.807, 2.05) is 54.8 Å². The molecule has 232 valence electrons. The van der Waals surface area contributed by atoms with Crippen molar-refractivity contribution in [2.24, 2.45) is 5.92 Å². The number of aldehydes is 1. The van der Waals surface area contributed by atoms with E-state index in [9.17, 15) is 14.0 Å². The molecule has 0 bridgehead atoms. The molecule has 4 rings (SSSR count). The number of allylic oxidation sites excluding steroid dienone is 9. The van der Waals surface area contributed by atoms with E-state index in [2.05, 4.69) is 21.9 Å². The minimum atomic E-state index is -0.170. The molecule has 3 heterocycles. The van der Waals surface area contributed by atoms with E-state index in [-0.39, 0.29) is 23.7 Å². The van der Waals surface area contributed by atoms with Crippen LogP contribution < -0.4 is 5.32 Å². The Balaban J connectivity index is 1.48. The maximum atomic E-state index is 14.2. The normalized spacial score (nSPS) is 22.4. The molecule has 43 heavy (non-hydrogen) atoms. The van der Waals surface area contributed by atoms with Crippen LogP contribution in [0.3, 0.4) is 0 Å². The van der Waals surface area contributed by atoms with Gasteiger partial charge in [0.25, 0.3) is 5.91 Å². The van der Waals surface area contributed by atoms with Crippen LogP contribution in [0.4, 0.5) is 4.39 Å². The summed E-state index contributed by atoms with van der Waals surface area (Å²) >= 11 is 0. The van der Waals surface area contributed by atoms with Crippen molar-refractivity contribution in [3.05, 3.63) is 83.2 Å². The van der Waals surface area contributed by atoms with Crippen LogP contribution in [0.15, 0.2) is 71.9 Å². The summed E-state index contributed by atoms with van der Waals surface area (Å²) in [5.41, 5.74) is 3.95. The molecule has 2 aliphatic heterocycles. The predicted molar refractivity (Wildman–Crippen MR) is 169 cm³/mol. The first-order valence-electron chi connectivity index (χ1n) is 15.4. The van der Waals surface area contributed by atoms with Gasteiger partial charge in [0.05, 0.1) is 23.5 Å². The molecule has 0 radical (unpaired) electrons. The van der Waals surface area contributed by atoms with Gasteiger partial charge in [-0.25, -0.2) is 4.39 Å². The second-order valence-corrected chi connectivity index (χ2v) is 11.5. The number of halogens is 1. The van der Waals surface area contributed by atoms with Crippen LogP contribution in [0.5, 0.6) is 0 Å². The largest absolute Gasteiger partial charge is 0.391 e. The average Bonchev–Trinajstić information content (AvgIpc) is 3.14. The lowest BCUT2D eigenvalue weighted by Crippen LogP contribution is -2.49. The number of rotatable bonds is 11. The third-order valence-corrected chi connectivity index (χ3v) is 8.56. The third-order valence-electron chi connectivity index (χ3n) is 8.56. The molecule has 1 aromatic heterocycles. The van der Waals surface area contributed by atoms with Gasteiger partial charge in [-0.2, -0.15) is 5.10 Å². The summed E-state index contributed by atoms with van der Waals surface area (Å²) in [6.07, 6.45) is 17.5. The summed E-state index contributed by atoms with van der Waals surface area (Å²) in [4.78, 5) is 30.3. The van der Waals surface area contributed by atoms with Crippen molar-refractivity contribution in [2.45, 2.75) is 52.0 Å². The van der Waals surface area contributed by atoms with Gasteiger partial charge in [-0.3, -0.25) is 19.2 Å². The summed E-state index contributed by atoms with van der Waals surface area (Å²) in [7, 11) is 1.83. The Hall–Kier alpha value is -3.56. The minimum Gasteiger partial charge on any atom is -0.391 e. The quantitative estimate of drug-likeness (QED) is 0.211. The van der Waals surface area contributed by atoms with Gasteiger partial charge in [0.15, 0.2) is 6.29 Å². The number of piperazine rings is 1. The number of carbonyl (C=O) groups excluding carboxylic acids is 2. The van der Waals surface area contributed by atoms with E-state index in [1.54, 1.807) is 18.3 Å². The van der Waals surface area contributed by atoms with E-state index >= 15 is 0 Å². The molecule has 1 aromatic rings. The van der Waals surface area contributed by atoms with E-state index in [0.717, 1.165) is 75.9 Å². The van der Waals surface area contributed by atoms with Gasteiger partial charge in [0.2, 0.25) is 0 Å². The van der Waals surface area contributed by atoms with Gasteiger partial charge in [-0.05, 0) is 70.2 Å². The fourth-order valence-corrected chi connectivity index (χ4v) is 5.89. The van der Waals surface area contributed by atoms with Gasteiger partial charge >= 0.3 is 0 Å². The highest BCUT2D eigenvalue weighted by molar-refractivity contribution is 6.01. The molecule has 0 aromatic carbocycles. The maximum Gasteiger partial charge on any atom is 0.254 e. The van der Waals surface area contributed by atoms with Gasteiger partial charge in [0, 0.05) is 69.2 Å². The standard InChI is InChI=1S/C34H46FN5O3/c1-25(2)30(34(42)39-18-16-38(17-19-39)15-8-11-27-10-6-5-7-13-32(27)35)22-31(26(3)36-4)33-28(24-41)23-37-40(33)29-12-9-20-43-21-14-29/h5-7,10,13,22-24,27,29,36H,1,8-9,11-12,14-21H2,2-4H3/b30-22+,31-26-. The van der Waals surface area contributed by atoms with E-state index < -0.39 is 0 Å². The highest BCUT2D eigenvalue weighted by atomic mass is 19.1. The number of ether oxygens (including phenoxy) is 1. The monoisotopic (exact) mass is 591 g/mol. The number of nitrogens with zero attached hydrogens (tertiary/aromatic N) is 4. The molecular formula is C34H46FN5O3. The SMILES string of the molecule is C=C(C)/C(=C\C(=C(/C)NC)c1c(C=O)cnn1C1CCCOCC1)C(=O)N1CCN(CCCC2C=CC=CC=C2F)CC1. The summed E-state index contributed by atoms with van der Waals surface area (Å²) in [5, 5.41) is 7.86. The van der Waals surface area contributed by atoms with Crippen LogP contribution in [0.25, 0.3) is 5.57 Å². The molecule has 2 saturated heterocycles. The maximum absolute atomic E-state index is 14.2. The Labute approximate surface area is 255 Å². The Morgan fingerprint density at radius 2 is 1.95 bits per heavy atom. The van der Waals surface area contributed by atoms with Crippen molar-refractivity contribution in [3.8, 4) is 0 Å². The number of carbonyl (C=O) groups is 2. The highest BCUT2D eigenvalue weighted by Crippen LogP contribution is 2.31. The van der Waals surface area contributed by atoms with E-state index in [4.69, 9.17) is 4.74 Å². The smallest absolute Gasteiger partial charge is 0.254 e. The van der Waals surface area contributed by atoms with Crippen LogP contribution in [0.1, 0.15) is 68.0 Å². The molecule has 3 aliphatic rings. The molecule has 0 saturated carbocycles. The van der Waals surface area contributed by atoms with Crippen molar-refractivity contribution in [1.82, 2.24) is 24.9 Å². The number of nitrogens with one attached hydrogen (secondary N) is 1. The lowest BCUT2D eigenvalue weighted by Gasteiger charge is -2.35. The first-order chi connectivity index (χ1) is 20.8. The fraction of sp³-hybridized carbons (Fsp3) is 0.500. The first-order valence-corrected chi connectivity index (χ1v) is 15.4. The van der Waals surface area contributed by atoms with Crippen LogP contribution >= 0.6 is 0 Å². The van der Waals surface area contributed by atoms with Crippen LogP contribution in [-0.2, 0) is 9.53 Å². The Bertz CT molecular complexity index is 1310. The number of hydrogen-bond acceptors (Lipinski definition) is 6. The molecule has 0 spiro atoms. The fourth-order valence-electron chi connectivity index (χ4n) is 5.89. The molecule has 1 N–H and O–H groups in total. The summed E-state index contributed by atoms with van der Waals surface area (Å²) in [6.45, 7) is 12.9. The van der Waals surface area contributed by atoms with Crippen LogP contribution in [0.2, 0.25) is 0 Å². The van der Waals surface area contributed by atoms with Gasteiger partial charge in [-0.15, -0.1) is 0 Å². The van der Waals surface area contributed by atoms with Crippen molar-refractivity contribution in [1.29, 1.82) is 0 Å². The number of hydrogen-bond donors (Lipinski definition) is 1. The lowest BCUT2D eigenvalue weighted by molar-refractivity contribution is -0.128. The molecule has 1 aliphatic carbocycles. The zero-order valence-corrected chi connectivity index (χ0v) is 25.9. The summed E-state index contributed by atoms with van der Waals surface area (Å²) < 4.78 is 21.8. The minimum absolute atomic E-state index is 0.0709. The van der Waals surface area contributed by atoms with Crippen molar-refractivity contribution >= 4 is 17.8 Å². The van der Waals surface area contributed by atoms with Crippen molar-refractivity contribution < 1.29 is 18.7 Å². The molecule has 2 unspecified atom stereocenters. The predicted octanol–water partition coefficient (Wildman–Crippen LogP) is 5.41. The lowest BCUT2D eigenvalue weighted by atomic mass is 9.98. The van der Waals surface area contributed by atoms with Gasteiger partial charge in [-0.1, -0.05) is 30.9 Å². The van der Waals surface area contributed by atoms with E-state index in [1.165, 1.54) is 0 Å². The summed E-state index contributed by atoms with van der Waals surface area (Å²) in [6, 6.07) is 0.0964. The Kier molecular flexibility index (Phi) is 11.9. The van der Waals surface area contributed by atoms with Crippen molar-refractivity contribution in [3.63, 3.8) is 0 Å².